The third-order valence-corrected chi connectivity index (χ3v) is 6.33. The zero-order valence-electron chi connectivity index (χ0n) is 18.3. The Morgan fingerprint density at radius 1 is 1.25 bits per heavy atom. The van der Waals surface area contributed by atoms with Crippen LogP contribution >= 0.6 is 0 Å². The fraction of sp³-hybridized carbons (Fsp3) is 0.440. The van der Waals surface area contributed by atoms with Crippen molar-refractivity contribution in [3.63, 3.8) is 0 Å². The fourth-order valence-electron chi connectivity index (χ4n) is 3.91. The van der Waals surface area contributed by atoms with Gasteiger partial charge in [-0.2, -0.15) is 5.26 Å². The van der Waals surface area contributed by atoms with Gasteiger partial charge in [-0.3, -0.25) is 4.79 Å². The van der Waals surface area contributed by atoms with Crippen molar-refractivity contribution >= 4 is 12.2 Å². The van der Waals surface area contributed by atoms with Crippen LogP contribution in [0.4, 0.5) is 0 Å². The highest BCUT2D eigenvalue weighted by Gasteiger charge is 2.62. The number of para-hydroxylation sites is 1. The molecule has 2 aliphatic rings. The minimum Gasteiger partial charge on any atom is -0.440 e. The Hall–Kier alpha value is -3.40. The molecule has 2 saturated carbocycles. The SMILES string of the molecule is CC1(C)C(C=NOCC2CCC2)C1C(=O)OC(C#N)c1cccc(Oc2ccccc2)n1. The van der Waals surface area contributed by atoms with Crippen LogP contribution in [0.25, 0.3) is 0 Å². The molecule has 1 aromatic carbocycles. The summed E-state index contributed by atoms with van der Waals surface area (Å²) in [5.74, 6) is 0.655. The second-order valence-electron chi connectivity index (χ2n) is 8.93. The predicted molar refractivity (Wildman–Crippen MR) is 118 cm³/mol. The van der Waals surface area contributed by atoms with Crippen molar-refractivity contribution in [2.45, 2.75) is 39.2 Å². The lowest BCUT2D eigenvalue weighted by atomic mass is 9.86. The summed E-state index contributed by atoms with van der Waals surface area (Å²) in [5, 5.41) is 13.7. The van der Waals surface area contributed by atoms with E-state index in [1.165, 1.54) is 19.3 Å². The van der Waals surface area contributed by atoms with E-state index in [1.807, 2.05) is 50.2 Å². The van der Waals surface area contributed by atoms with Crippen LogP contribution in [0.3, 0.4) is 0 Å². The summed E-state index contributed by atoms with van der Waals surface area (Å²) in [7, 11) is 0. The molecule has 0 amide bonds. The fourth-order valence-corrected chi connectivity index (χ4v) is 3.91. The number of hydrogen-bond donors (Lipinski definition) is 0. The van der Waals surface area contributed by atoms with Gasteiger partial charge in [-0.15, -0.1) is 0 Å². The average Bonchev–Trinajstić information content (AvgIpc) is 3.31. The summed E-state index contributed by atoms with van der Waals surface area (Å²) in [4.78, 5) is 22.5. The lowest BCUT2D eigenvalue weighted by Crippen LogP contribution is -2.16. The molecule has 4 rings (SSSR count). The molecule has 7 nitrogen and oxygen atoms in total. The number of oxime groups is 1. The van der Waals surface area contributed by atoms with Crippen molar-refractivity contribution < 1.29 is 19.1 Å². The first-order chi connectivity index (χ1) is 15.5. The van der Waals surface area contributed by atoms with Crippen LogP contribution in [0.5, 0.6) is 11.6 Å². The van der Waals surface area contributed by atoms with Crippen molar-refractivity contribution in [1.82, 2.24) is 4.98 Å². The second kappa shape index (κ2) is 9.39. The summed E-state index contributed by atoms with van der Waals surface area (Å²) in [5.41, 5.74) is 0.0216. The Bertz CT molecular complexity index is 1010. The normalized spacial score (nSPS) is 22.4. The zero-order chi connectivity index (χ0) is 22.6. The molecule has 0 N–H and O–H groups in total. The van der Waals surface area contributed by atoms with Gasteiger partial charge in [0, 0.05) is 18.2 Å². The molecule has 0 aliphatic heterocycles. The van der Waals surface area contributed by atoms with Crippen LogP contribution in [0, 0.1) is 34.5 Å². The van der Waals surface area contributed by atoms with Gasteiger partial charge < -0.3 is 14.3 Å². The molecule has 166 valence electrons. The Morgan fingerprint density at radius 2 is 2.03 bits per heavy atom. The minimum absolute atomic E-state index is 0.0866. The van der Waals surface area contributed by atoms with Gasteiger partial charge in [0.25, 0.3) is 0 Å². The third-order valence-electron chi connectivity index (χ3n) is 6.33. The molecule has 32 heavy (non-hydrogen) atoms. The predicted octanol–water partition coefficient (Wildman–Crippen LogP) is 5.06. The van der Waals surface area contributed by atoms with E-state index >= 15 is 0 Å². The van der Waals surface area contributed by atoms with E-state index in [4.69, 9.17) is 14.3 Å². The monoisotopic (exact) mass is 433 g/mol. The number of carbonyl (C=O) groups excluding carboxylic acids is 1. The molecule has 3 atom stereocenters. The largest absolute Gasteiger partial charge is 0.440 e. The number of benzene rings is 1. The van der Waals surface area contributed by atoms with Crippen molar-refractivity contribution in [3.8, 4) is 17.7 Å². The van der Waals surface area contributed by atoms with Crippen molar-refractivity contribution in [2.24, 2.45) is 28.3 Å². The molecule has 0 saturated heterocycles. The number of rotatable bonds is 9. The van der Waals surface area contributed by atoms with Gasteiger partial charge in [0.1, 0.15) is 18.4 Å². The van der Waals surface area contributed by atoms with Gasteiger partial charge >= 0.3 is 5.97 Å². The molecule has 2 aromatic rings. The van der Waals surface area contributed by atoms with Gasteiger partial charge in [-0.05, 0) is 42.4 Å². The van der Waals surface area contributed by atoms with E-state index in [0.29, 0.717) is 29.8 Å². The average molecular weight is 434 g/mol. The number of ether oxygens (including phenoxy) is 2. The number of esters is 1. The van der Waals surface area contributed by atoms with Crippen LogP contribution in [0.1, 0.15) is 44.9 Å². The summed E-state index contributed by atoms with van der Waals surface area (Å²) in [6.07, 6.45) is 4.22. The molecule has 2 aliphatic carbocycles. The van der Waals surface area contributed by atoms with Gasteiger partial charge in [0.05, 0.1) is 11.6 Å². The lowest BCUT2D eigenvalue weighted by Gasteiger charge is -2.23. The van der Waals surface area contributed by atoms with E-state index < -0.39 is 12.1 Å². The summed E-state index contributed by atoms with van der Waals surface area (Å²) in [6.45, 7) is 4.59. The number of nitriles is 1. The maximum absolute atomic E-state index is 12.8. The molecule has 1 heterocycles. The standard InChI is InChI=1S/C25H27N3O4/c1-25(2)19(15-27-30-16-17-8-6-9-17)23(25)24(29)32-21(14-26)20-12-7-13-22(28-20)31-18-10-4-3-5-11-18/h3-5,7,10-13,15,17,19,21,23H,6,8-9,16H2,1-2H3. The molecule has 0 bridgehead atoms. The topological polar surface area (TPSA) is 93.8 Å². The molecule has 7 heteroatoms. The van der Waals surface area contributed by atoms with E-state index in [2.05, 4.69) is 10.1 Å². The van der Waals surface area contributed by atoms with Gasteiger partial charge in [-0.25, -0.2) is 4.98 Å². The van der Waals surface area contributed by atoms with Gasteiger partial charge in [0.15, 0.2) is 0 Å². The molecule has 0 spiro atoms. The summed E-state index contributed by atoms with van der Waals surface area (Å²) >= 11 is 0. The van der Waals surface area contributed by atoms with E-state index in [1.54, 1.807) is 24.4 Å². The number of pyridine rings is 1. The van der Waals surface area contributed by atoms with E-state index in [9.17, 15) is 10.1 Å². The molecular formula is C25H27N3O4. The summed E-state index contributed by atoms with van der Waals surface area (Å²) < 4.78 is 11.3. The highest BCUT2D eigenvalue weighted by Crippen LogP contribution is 2.58. The number of aromatic nitrogens is 1. The number of carbonyl (C=O) groups is 1. The molecule has 2 fully saturated rings. The Balaban J connectivity index is 1.36. The maximum atomic E-state index is 12.8. The van der Waals surface area contributed by atoms with E-state index in [-0.39, 0.29) is 17.3 Å². The second-order valence-corrected chi connectivity index (χ2v) is 8.93. The van der Waals surface area contributed by atoms with Crippen molar-refractivity contribution in [3.05, 3.63) is 54.2 Å². The first-order valence-corrected chi connectivity index (χ1v) is 10.9. The molecular weight excluding hydrogens is 406 g/mol. The quantitative estimate of drug-likeness (QED) is 0.312. The van der Waals surface area contributed by atoms with Crippen molar-refractivity contribution in [2.75, 3.05) is 6.61 Å². The maximum Gasteiger partial charge on any atom is 0.311 e. The number of hydrogen-bond acceptors (Lipinski definition) is 7. The minimum atomic E-state index is -1.12. The highest BCUT2D eigenvalue weighted by molar-refractivity contribution is 5.85. The lowest BCUT2D eigenvalue weighted by molar-refractivity contribution is -0.149. The van der Waals surface area contributed by atoms with Crippen LogP contribution < -0.4 is 4.74 Å². The van der Waals surface area contributed by atoms with Gasteiger partial charge in [0.2, 0.25) is 12.0 Å². The van der Waals surface area contributed by atoms with Crippen LogP contribution in [-0.2, 0) is 14.4 Å². The van der Waals surface area contributed by atoms with Crippen molar-refractivity contribution in [1.29, 1.82) is 5.26 Å². The first kappa shape index (κ1) is 21.8. The van der Waals surface area contributed by atoms with E-state index in [0.717, 1.165) is 0 Å². The smallest absolute Gasteiger partial charge is 0.311 e. The Kier molecular flexibility index (Phi) is 6.40. The Morgan fingerprint density at radius 3 is 2.72 bits per heavy atom. The molecule has 3 unspecified atom stereocenters. The third kappa shape index (κ3) is 4.91. The first-order valence-electron chi connectivity index (χ1n) is 10.9. The zero-order valence-corrected chi connectivity index (χ0v) is 18.3. The Labute approximate surface area is 188 Å². The van der Waals surface area contributed by atoms with Crippen LogP contribution in [0.15, 0.2) is 53.7 Å². The molecule has 1 aromatic heterocycles. The van der Waals surface area contributed by atoms with Crippen LogP contribution in [-0.4, -0.2) is 23.8 Å². The van der Waals surface area contributed by atoms with Crippen LogP contribution in [0.2, 0.25) is 0 Å². The summed E-state index contributed by atoms with van der Waals surface area (Å²) in [6, 6.07) is 16.3. The molecule has 0 radical (unpaired) electrons. The number of nitrogens with zero attached hydrogens (tertiary/aromatic N) is 3. The van der Waals surface area contributed by atoms with Gasteiger partial charge in [-0.1, -0.05) is 49.7 Å². The highest BCUT2D eigenvalue weighted by atomic mass is 16.6.